The molecule has 0 aliphatic carbocycles. The highest BCUT2D eigenvalue weighted by molar-refractivity contribution is 6.76. The van der Waals surface area contributed by atoms with Crippen molar-refractivity contribution in [2.75, 3.05) is 0 Å². The lowest BCUT2D eigenvalue weighted by atomic mass is 10.0. The van der Waals surface area contributed by atoms with Gasteiger partial charge in [-0.2, -0.15) is 0 Å². The van der Waals surface area contributed by atoms with Crippen molar-refractivity contribution in [2.24, 2.45) is 5.73 Å². The van der Waals surface area contributed by atoms with Crippen molar-refractivity contribution in [1.29, 1.82) is 0 Å². The summed E-state index contributed by atoms with van der Waals surface area (Å²) in [5, 5.41) is 36.0. The van der Waals surface area contributed by atoms with Gasteiger partial charge in [-0.1, -0.05) is 34.8 Å². The monoisotopic (exact) mass is 325 g/mol. The van der Waals surface area contributed by atoms with E-state index in [0.717, 1.165) is 0 Å². The molecule has 0 bridgehead atoms. The Balaban J connectivity index is 0.000000360. The van der Waals surface area contributed by atoms with Gasteiger partial charge in [-0.25, -0.2) is 0 Å². The maximum Gasteiger partial charge on any atom is 0.269 e. The Bertz CT molecular complexity index is 272. The number of halogens is 3. The van der Waals surface area contributed by atoms with E-state index in [9.17, 15) is 4.79 Å². The van der Waals surface area contributed by atoms with Gasteiger partial charge >= 0.3 is 0 Å². The van der Waals surface area contributed by atoms with Crippen LogP contribution in [0.4, 0.5) is 0 Å². The van der Waals surface area contributed by atoms with Gasteiger partial charge in [-0.15, -0.1) is 0 Å². The summed E-state index contributed by atoms with van der Waals surface area (Å²) in [7, 11) is 0. The Kier molecular flexibility index (Phi) is 7.12. The van der Waals surface area contributed by atoms with Crippen molar-refractivity contribution in [3.05, 3.63) is 0 Å². The first kappa shape index (κ1) is 18.1. The second-order valence-electron chi connectivity index (χ2n) is 3.57. The zero-order chi connectivity index (χ0) is 14.7. The van der Waals surface area contributed by atoms with Crippen LogP contribution >= 0.6 is 34.8 Å². The molecule has 1 amide bonds. The second kappa shape index (κ2) is 7.06. The third-order valence-corrected chi connectivity index (χ3v) is 2.67. The highest BCUT2D eigenvalue weighted by Gasteiger charge is 2.40. The Hall–Kier alpha value is 0.140. The average molecular weight is 327 g/mol. The molecule has 18 heavy (non-hydrogen) atoms. The van der Waals surface area contributed by atoms with Gasteiger partial charge < -0.3 is 30.9 Å². The maximum atomic E-state index is 9.85. The quantitative estimate of drug-likeness (QED) is 0.349. The molecule has 1 aliphatic rings. The van der Waals surface area contributed by atoms with Crippen LogP contribution in [-0.2, 0) is 9.53 Å². The number of amides is 1. The first-order chi connectivity index (χ1) is 7.98. The van der Waals surface area contributed by atoms with Crippen LogP contribution in [0.5, 0.6) is 0 Å². The van der Waals surface area contributed by atoms with E-state index in [-0.39, 0.29) is 0 Å². The lowest BCUT2D eigenvalue weighted by Gasteiger charge is -2.36. The van der Waals surface area contributed by atoms with E-state index < -0.39 is 40.4 Å². The molecule has 0 saturated carbocycles. The molecule has 0 aromatic rings. The van der Waals surface area contributed by atoms with Crippen molar-refractivity contribution < 1.29 is 30.0 Å². The molecule has 0 radical (unpaired) electrons. The SMILES string of the molecule is C[C@@H]1O[C@H](O)[C@H](O)[C@H](O)[C@H]1O.NC(=O)C(Cl)(Cl)Cl. The minimum Gasteiger partial charge on any atom is -0.388 e. The van der Waals surface area contributed by atoms with Crippen molar-refractivity contribution in [1.82, 2.24) is 0 Å². The molecular weight excluding hydrogens is 312 g/mol. The van der Waals surface area contributed by atoms with Crippen LogP contribution in [-0.4, -0.2) is 60.8 Å². The van der Waals surface area contributed by atoms with E-state index in [1.54, 1.807) is 0 Å². The molecule has 1 heterocycles. The molecule has 1 saturated heterocycles. The van der Waals surface area contributed by atoms with Crippen LogP contribution in [0.3, 0.4) is 0 Å². The maximum absolute atomic E-state index is 9.85. The highest BCUT2D eigenvalue weighted by atomic mass is 35.6. The van der Waals surface area contributed by atoms with E-state index >= 15 is 0 Å². The molecule has 0 aromatic carbocycles. The van der Waals surface area contributed by atoms with Gasteiger partial charge in [-0.05, 0) is 6.92 Å². The molecule has 0 aromatic heterocycles. The van der Waals surface area contributed by atoms with E-state index in [1.165, 1.54) is 6.92 Å². The second-order valence-corrected chi connectivity index (χ2v) is 5.85. The fourth-order valence-corrected chi connectivity index (χ4v) is 1.03. The summed E-state index contributed by atoms with van der Waals surface area (Å²) in [5.41, 5.74) is 4.53. The number of primary amides is 1. The first-order valence-electron chi connectivity index (χ1n) is 4.72. The zero-order valence-electron chi connectivity index (χ0n) is 9.20. The fraction of sp³-hybridized carbons (Fsp3) is 0.875. The average Bonchev–Trinajstić information content (AvgIpc) is 2.23. The Morgan fingerprint density at radius 3 is 1.83 bits per heavy atom. The predicted octanol–water partition coefficient (Wildman–Crippen LogP) is -1.35. The first-order valence-corrected chi connectivity index (χ1v) is 5.86. The number of alkyl halides is 3. The van der Waals surface area contributed by atoms with Gasteiger partial charge in [-0.3, -0.25) is 4.79 Å². The van der Waals surface area contributed by atoms with E-state index in [0.29, 0.717) is 0 Å². The molecular formula is C8H14Cl3NO6. The topological polar surface area (TPSA) is 133 Å². The third kappa shape index (κ3) is 5.41. The van der Waals surface area contributed by atoms with Gasteiger partial charge in [0.25, 0.3) is 9.70 Å². The molecule has 108 valence electrons. The Labute approximate surface area is 118 Å². The van der Waals surface area contributed by atoms with E-state index in [4.69, 9.17) is 55.2 Å². The Morgan fingerprint density at radius 2 is 1.50 bits per heavy atom. The van der Waals surface area contributed by atoms with Crippen molar-refractivity contribution in [3.63, 3.8) is 0 Å². The van der Waals surface area contributed by atoms with Crippen LogP contribution in [0, 0.1) is 0 Å². The van der Waals surface area contributed by atoms with Crippen molar-refractivity contribution in [2.45, 2.75) is 41.4 Å². The minimum absolute atomic E-state index is 0.664. The zero-order valence-corrected chi connectivity index (χ0v) is 11.5. The third-order valence-electron chi connectivity index (χ3n) is 2.11. The van der Waals surface area contributed by atoms with Gasteiger partial charge in [0.2, 0.25) is 0 Å². The van der Waals surface area contributed by atoms with E-state index in [1.807, 2.05) is 0 Å². The molecule has 1 aliphatic heterocycles. The van der Waals surface area contributed by atoms with Crippen molar-refractivity contribution >= 4 is 40.7 Å². The summed E-state index contributed by atoms with van der Waals surface area (Å²) >= 11 is 14.8. The summed E-state index contributed by atoms with van der Waals surface area (Å²) in [6.45, 7) is 1.50. The number of aliphatic hydroxyl groups is 4. The number of hydrogen-bond acceptors (Lipinski definition) is 6. The molecule has 10 heteroatoms. The normalized spacial score (nSPS) is 36.6. The number of hydrogen-bond donors (Lipinski definition) is 5. The molecule has 0 spiro atoms. The van der Waals surface area contributed by atoms with Crippen LogP contribution in [0.25, 0.3) is 0 Å². The van der Waals surface area contributed by atoms with Gasteiger partial charge in [0, 0.05) is 0 Å². The van der Waals surface area contributed by atoms with Gasteiger partial charge in [0.15, 0.2) is 6.29 Å². The summed E-state index contributed by atoms with van der Waals surface area (Å²) in [4.78, 5) is 9.85. The standard InChI is InChI=1S/C6H12O5.C2H2Cl3NO/c1-2-3(7)4(8)5(9)6(10)11-2;3-2(4,5)1(6)7/h2-10H,1H3;(H2,6,7)/t2-,3-,4+,5+,6-;/m0./s1. The molecule has 1 rings (SSSR count). The van der Waals surface area contributed by atoms with Crippen LogP contribution in [0.1, 0.15) is 6.92 Å². The number of aliphatic hydroxyl groups excluding tert-OH is 4. The molecule has 7 nitrogen and oxygen atoms in total. The highest BCUT2D eigenvalue weighted by Crippen LogP contribution is 2.24. The largest absolute Gasteiger partial charge is 0.388 e. The molecule has 1 fully saturated rings. The Morgan fingerprint density at radius 1 is 1.11 bits per heavy atom. The van der Waals surface area contributed by atoms with Crippen LogP contribution in [0.2, 0.25) is 0 Å². The number of nitrogens with two attached hydrogens (primary N) is 1. The number of rotatable bonds is 0. The number of carbonyl (C=O) groups is 1. The van der Waals surface area contributed by atoms with Gasteiger partial charge in [0.05, 0.1) is 6.10 Å². The van der Waals surface area contributed by atoms with E-state index in [2.05, 4.69) is 10.5 Å². The molecule has 6 N–H and O–H groups in total. The summed E-state index contributed by atoms with van der Waals surface area (Å²) in [5.74, 6) is -0.961. The molecule has 5 atom stereocenters. The fourth-order valence-electron chi connectivity index (χ4n) is 1.03. The van der Waals surface area contributed by atoms with Crippen molar-refractivity contribution in [3.8, 4) is 0 Å². The molecule has 0 unspecified atom stereocenters. The van der Waals surface area contributed by atoms with Gasteiger partial charge in [0.1, 0.15) is 18.3 Å². The lowest BCUT2D eigenvalue weighted by molar-refractivity contribution is -0.277. The van der Waals surface area contributed by atoms with Crippen LogP contribution < -0.4 is 5.73 Å². The van der Waals surface area contributed by atoms with Crippen LogP contribution in [0.15, 0.2) is 0 Å². The number of carbonyl (C=O) groups excluding carboxylic acids is 1. The summed E-state index contributed by atoms with van der Waals surface area (Å²) < 4.78 is 2.73. The minimum atomic E-state index is -1.94. The predicted molar refractivity (Wildman–Crippen MR) is 64.1 cm³/mol. The summed E-state index contributed by atoms with van der Waals surface area (Å²) in [6, 6.07) is 0. The summed E-state index contributed by atoms with van der Waals surface area (Å²) in [6.07, 6.45) is -5.99. The lowest BCUT2D eigenvalue weighted by Crippen LogP contribution is -2.56. The number of ether oxygens (including phenoxy) is 1. The smallest absolute Gasteiger partial charge is 0.269 e.